The first kappa shape index (κ1) is 36.9. The van der Waals surface area contributed by atoms with Crippen LogP contribution in [0.2, 0.25) is 0 Å². The number of carbonyl (C=O) groups excluding carboxylic acids is 1. The second-order valence-corrected chi connectivity index (χ2v) is 0.908. The maximum atomic E-state index is 9.44. The van der Waals surface area contributed by atoms with Crippen LogP contribution in [0.4, 0.5) is 0 Å². The summed E-state index contributed by atoms with van der Waals surface area (Å²) in [4.78, 5) is 9.44. The normalized spacial score (nSPS) is 3.25. The van der Waals surface area contributed by atoms with Crippen LogP contribution in [-0.2, 0) is 4.79 Å². The van der Waals surface area contributed by atoms with Crippen LogP contribution >= 0.6 is 49.6 Å². The molecule has 0 fully saturated rings. The lowest BCUT2D eigenvalue weighted by molar-refractivity contribution is -0.114. The lowest BCUT2D eigenvalue weighted by Crippen LogP contribution is -1.69. The Morgan fingerprint density at radius 2 is 0.875 bits per heavy atom. The quantitative estimate of drug-likeness (QED) is 0.591. The maximum Gasteiger partial charge on any atom is 0.126 e. The van der Waals surface area contributed by atoms with Gasteiger partial charge in [0.25, 0.3) is 0 Å². The van der Waals surface area contributed by atoms with Gasteiger partial charge in [-0.05, 0) is 13.8 Å². The molecule has 0 atom stereocenters. The molecule has 1 nitrogen and oxygen atoms in total. The highest BCUT2D eigenvalue weighted by Crippen LogP contribution is 1.50. The van der Waals surface area contributed by atoms with Crippen LogP contribution in [0.25, 0.3) is 0 Å². The minimum Gasteiger partial charge on any atom is -0.300 e. The molecule has 0 amide bonds. The van der Waals surface area contributed by atoms with Crippen molar-refractivity contribution in [3.8, 4) is 0 Å². The van der Waals surface area contributed by atoms with Gasteiger partial charge in [-0.2, -0.15) is 0 Å². The van der Waals surface area contributed by atoms with E-state index in [0.29, 0.717) is 0 Å². The van der Waals surface area contributed by atoms with Crippen LogP contribution in [0.1, 0.15) is 13.8 Å². The molecule has 0 bridgehead atoms. The van der Waals surface area contributed by atoms with Crippen LogP contribution in [0, 0.1) is 0 Å². The van der Waals surface area contributed by atoms with Gasteiger partial charge in [0.15, 0.2) is 0 Å². The molecule has 0 aromatic rings. The summed E-state index contributed by atoms with van der Waals surface area (Å²) in [7, 11) is 0. The molecule has 8 heavy (non-hydrogen) atoms. The van der Waals surface area contributed by atoms with Crippen molar-refractivity contribution in [1.29, 1.82) is 0 Å². The molecule has 0 spiro atoms. The highest BCUT2D eigenvalue weighted by molar-refractivity contribution is 5.86. The molecule has 0 saturated carbocycles. The Kier molecular flexibility index (Phi) is 115. The molecule has 0 aliphatic carbocycles. The predicted octanol–water partition coefficient (Wildman–Crippen LogP) is 2.28. The minimum atomic E-state index is 0. The second kappa shape index (κ2) is 24.9. The fourth-order valence-corrected chi connectivity index (χ4v) is 0. The van der Waals surface area contributed by atoms with E-state index in [1.54, 1.807) is 0 Å². The van der Waals surface area contributed by atoms with Crippen molar-refractivity contribution in [2.24, 2.45) is 0 Å². The van der Waals surface area contributed by atoms with Crippen molar-refractivity contribution in [1.82, 2.24) is 0 Å². The number of ketones is 1. The van der Waals surface area contributed by atoms with Crippen LogP contribution in [-0.4, -0.2) is 5.78 Å². The first-order chi connectivity index (χ1) is 1.73. The van der Waals surface area contributed by atoms with E-state index in [1.165, 1.54) is 13.8 Å². The first-order valence-electron chi connectivity index (χ1n) is 1.20. The van der Waals surface area contributed by atoms with Gasteiger partial charge in [-0.15, -0.1) is 49.6 Å². The standard InChI is InChI=1S/C3H6O.4ClH/c1-3(2)4;;;;/h1-2H3;4*1H. The summed E-state index contributed by atoms with van der Waals surface area (Å²) < 4.78 is 0. The summed E-state index contributed by atoms with van der Waals surface area (Å²) in [6.45, 7) is 3.06. The molecule has 0 aliphatic rings. The van der Waals surface area contributed by atoms with Gasteiger partial charge >= 0.3 is 0 Å². The summed E-state index contributed by atoms with van der Waals surface area (Å²) in [6.07, 6.45) is 0. The Morgan fingerprint density at radius 1 is 0.875 bits per heavy atom. The predicted molar refractivity (Wildman–Crippen MR) is 45.3 cm³/mol. The van der Waals surface area contributed by atoms with Gasteiger partial charge in [-0.3, -0.25) is 0 Å². The fourth-order valence-electron chi connectivity index (χ4n) is 0. The van der Waals surface area contributed by atoms with Gasteiger partial charge in [0.2, 0.25) is 0 Å². The molecular formula is C3H10Cl4O. The molecule has 0 aliphatic heterocycles. The third-order valence-electron chi connectivity index (χ3n) is 0. The van der Waals surface area contributed by atoms with Gasteiger partial charge in [-0.1, -0.05) is 0 Å². The van der Waals surface area contributed by atoms with Gasteiger partial charge in [0.1, 0.15) is 5.78 Å². The molecule has 0 unspecified atom stereocenters. The number of rotatable bonds is 0. The summed E-state index contributed by atoms with van der Waals surface area (Å²) >= 11 is 0. The summed E-state index contributed by atoms with van der Waals surface area (Å²) in [5.74, 6) is 0.167. The monoisotopic (exact) mass is 202 g/mol. The fraction of sp³-hybridized carbons (Fsp3) is 0.667. The van der Waals surface area contributed by atoms with Crippen molar-refractivity contribution < 1.29 is 4.79 Å². The summed E-state index contributed by atoms with van der Waals surface area (Å²) in [5, 5.41) is 0. The van der Waals surface area contributed by atoms with E-state index < -0.39 is 0 Å². The van der Waals surface area contributed by atoms with Crippen molar-refractivity contribution in [3.63, 3.8) is 0 Å². The first-order valence-corrected chi connectivity index (χ1v) is 1.20. The maximum absolute atomic E-state index is 9.44. The smallest absolute Gasteiger partial charge is 0.126 e. The van der Waals surface area contributed by atoms with Crippen LogP contribution < -0.4 is 0 Å². The van der Waals surface area contributed by atoms with Crippen molar-refractivity contribution in [2.75, 3.05) is 0 Å². The Hall–Kier alpha value is 0.830. The molecule has 0 N–H and O–H groups in total. The minimum absolute atomic E-state index is 0. The SMILES string of the molecule is CC(C)=O.Cl.Cl.Cl.Cl. The summed E-state index contributed by atoms with van der Waals surface area (Å²) in [6, 6.07) is 0. The molecule has 56 valence electrons. The lowest BCUT2D eigenvalue weighted by Gasteiger charge is -1.56. The third-order valence-corrected chi connectivity index (χ3v) is 0. The number of hydrogen-bond acceptors (Lipinski definition) is 1. The zero-order chi connectivity index (χ0) is 3.58. The van der Waals surface area contributed by atoms with E-state index in [-0.39, 0.29) is 55.4 Å². The molecule has 0 saturated heterocycles. The highest BCUT2D eigenvalue weighted by Gasteiger charge is 1.62. The Bertz CT molecular complexity index is 34.3. The van der Waals surface area contributed by atoms with E-state index in [4.69, 9.17) is 0 Å². The van der Waals surface area contributed by atoms with Crippen LogP contribution in [0.3, 0.4) is 0 Å². The molecule has 0 radical (unpaired) electrons. The van der Waals surface area contributed by atoms with E-state index in [2.05, 4.69) is 0 Å². The van der Waals surface area contributed by atoms with E-state index in [9.17, 15) is 4.79 Å². The summed E-state index contributed by atoms with van der Waals surface area (Å²) in [5.41, 5.74) is 0. The number of carbonyl (C=O) groups is 1. The van der Waals surface area contributed by atoms with E-state index in [1.807, 2.05) is 0 Å². The molecule has 0 aromatic heterocycles. The Labute approximate surface area is 74.2 Å². The topological polar surface area (TPSA) is 17.1 Å². The second-order valence-electron chi connectivity index (χ2n) is 0.908. The molecular weight excluding hydrogens is 194 g/mol. The molecule has 0 heterocycles. The van der Waals surface area contributed by atoms with Gasteiger partial charge in [0.05, 0.1) is 0 Å². The van der Waals surface area contributed by atoms with Crippen LogP contribution in [0.15, 0.2) is 0 Å². The number of Topliss-reactive ketones (excluding diaryl/α,β-unsaturated/α-hetero) is 1. The highest BCUT2D eigenvalue weighted by atomic mass is 35.5. The van der Waals surface area contributed by atoms with E-state index in [0.717, 1.165) is 0 Å². The third kappa shape index (κ3) is 337. The van der Waals surface area contributed by atoms with Gasteiger partial charge in [0, 0.05) is 0 Å². The van der Waals surface area contributed by atoms with Gasteiger partial charge < -0.3 is 4.79 Å². The average molecular weight is 204 g/mol. The largest absolute Gasteiger partial charge is 0.300 e. The lowest BCUT2D eigenvalue weighted by atomic mass is 10.6. The molecule has 0 aromatic carbocycles. The number of halogens is 4. The van der Waals surface area contributed by atoms with E-state index >= 15 is 0 Å². The zero-order valence-electron chi connectivity index (χ0n) is 4.54. The van der Waals surface area contributed by atoms with Gasteiger partial charge in [-0.25, -0.2) is 0 Å². The molecule has 5 heteroatoms. The zero-order valence-corrected chi connectivity index (χ0v) is 7.81. The average Bonchev–Trinajstić information content (AvgIpc) is 0.811. The Morgan fingerprint density at radius 3 is 0.875 bits per heavy atom. The Balaban J connectivity index is -0.00000000750. The van der Waals surface area contributed by atoms with Crippen molar-refractivity contribution in [3.05, 3.63) is 0 Å². The molecule has 0 rings (SSSR count). The van der Waals surface area contributed by atoms with Crippen molar-refractivity contribution in [2.45, 2.75) is 13.8 Å². The van der Waals surface area contributed by atoms with Crippen molar-refractivity contribution >= 4 is 55.4 Å². The number of hydrogen-bond donors (Lipinski definition) is 0. The van der Waals surface area contributed by atoms with Crippen LogP contribution in [0.5, 0.6) is 0 Å².